The molecule has 0 aliphatic heterocycles. The van der Waals surface area contributed by atoms with Crippen LogP contribution in [-0.2, 0) is 4.79 Å². The summed E-state index contributed by atoms with van der Waals surface area (Å²) in [6.45, 7) is 0. The van der Waals surface area contributed by atoms with E-state index in [1.54, 1.807) is 24.3 Å². The number of nitrogens with two attached hydrogens (primary N) is 1. The zero-order valence-electron chi connectivity index (χ0n) is 13.7. The molecule has 3 aromatic rings. The smallest absolute Gasteiger partial charge is 0.258 e. The van der Waals surface area contributed by atoms with Crippen molar-refractivity contribution in [1.29, 1.82) is 0 Å². The van der Waals surface area contributed by atoms with Gasteiger partial charge in [0.25, 0.3) is 5.91 Å². The Morgan fingerprint density at radius 2 is 1.96 bits per heavy atom. The van der Waals surface area contributed by atoms with E-state index in [2.05, 4.69) is 10.3 Å². The number of thiazole rings is 1. The van der Waals surface area contributed by atoms with E-state index in [0.29, 0.717) is 10.5 Å². The second kappa shape index (κ2) is 8.28. The van der Waals surface area contributed by atoms with Gasteiger partial charge >= 0.3 is 0 Å². The number of aromatic nitrogens is 1. The van der Waals surface area contributed by atoms with Crippen molar-refractivity contribution >= 4 is 40.0 Å². The molecule has 0 aliphatic carbocycles. The van der Waals surface area contributed by atoms with Crippen LogP contribution in [0.5, 0.6) is 0 Å². The van der Waals surface area contributed by atoms with Crippen LogP contribution in [0.2, 0.25) is 0 Å². The van der Waals surface area contributed by atoms with E-state index in [-0.39, 0.29) is 22.1 Å². The minimum atomic E-state index is -0.604. The highest BCUT2D eigenvalue weighted by molar-refractivity contribution is 8.00. The van der Waals surface area contributed by atoms with Gasteiger partial charge in [-0.05, 0) is 30.3 Å². The fourth-order valence-electron chi connectivity index (χ4n) is 2.24. The number of halogens is 2. The molecule has 0 saturated carbocycles. The summed E-state index contributed by atoms with van der Waals surface area (Å²) in [7, 11) is 0. The zero-order chi connectivity index (χ0) is 19.4. The number of nitrogens with one attached hydrogen (secondary N) is 1. The van der Waals surface area contributed by atoms with Gasteiger partial charge < -0.3 is 5.73 Å². The van der Waals surface area contributed by atoms with Crippen molar-refractivity contribution < 1.29 is 18.4 Å². The molecular formula is C18H13F2N3O2S2. The third kappa shape index (κ3) is 4.69. The van der Waals surface area contributed by atoms with Crippen LogP contribution in [0.1, 0.15) is 10.4 Å². The lowest BCUT2D eigenvalue weighted by molar-refractivity contribution is -0.115. The summed E-state index contributed by atoms with van der Waals surface area (Å²) in [6, 6.07) is 9.85. The van der Waals surface area contributed by atoms with Gasteiger partial charge in [0.15, 0.2) is 5.13 Å². The maximum atomic E-state index is 13.9. The Morgan fingerprint density at radius 3 is 2.74 bits per heavy atom. The van der Waals surface area contributed by atoms with Gasteiger partial charge in [-0.15, -0.1) is 23.1 Å². The lowest BCUT2D eigenvalue weighted by atomic mass is 10.1. The predicted molar refractivity (Wildman–Crippen MR) is 102 cm³/mol. The molecule has 0 spiro atoms. The average Bonchev–Trinajstić information content (AvgIpc) is 3.10. The van der Waals surface area contributed by atoms with Crippen molar-refractivity contribution in [2.75, 3.05) is 11.1 Å². The summed E-state index contributed by atoms with van der Waals surface area (Å²) in [5, 5.41) is 4.41. The second-order valence-electron chi connectivity index (χ2n) is 5.37. The van der Waals surface area contributed by atoms with Crippen LogP contribution in [0.25, 0.3) is 11.3 Å². The first kappa shape index (κ1) is 19.0. The summed E-state index contributed by atoms with van der Waals surface area (Å²) in [6.07, 6.45) is 0. The number of hydrogen-bond acceptors (Lipinski definition) is 5. The average molecular weight is 405 g/mol. The third-order valence-corrected chi connectivity index (χ3v) is 5.28. The van der Waals surface area contributed by atoms with Crippen LogP contribution in [0.4, 0.5) is 13.9 Å². The number of anilines is 1. The lowest BCUT2D eigenvalue weighted by Gasteiger charge is -2.07. The first-order valence-electron chi connectivity index (χ1n) is 7.66. The number of hydrogen-bond donors (Lipinski definition) is 2. The zero-order valence-corrected chi connectivity index (χ0v) is 15.4. The molecular weight excluding hydrogens is 392 g/mol. The Balaban J connectivity index is 1.79. The SMILES string of the molecule is NC(=O)CSc1ccccc1C(=O)Nc1nc(-c2cc(F)ccc2F)cs1. The molecule has 2 amide bonds. The number of rotatable bonds is 6. The Bertz CT molecular complexity index is 1010. The monoisotopic (exact) mass is 405 g/mol. The van der Waals surface area contributed by atoms with Gasteiger partial charge in [0.05, 0.1) is 17.0 Å². The van der Waals surface area contributed by atoms with Crippen molar-refractivity contribution in [3.05, 3.63) is 65.0 Å². The molecule has 27 heavy (non-hydrogen) atoms. The maximum absolute atomic E-state index is 13.9. The minimum absolute atomic E-state index is 0.0177. The van der Waals surface area contributed by atoms with Crippen LogP contribution in [-0.4, -0.2) is 22.6 Å². The molecule has 5 nitrogen and oxygen atoms in total. The molecule has 2 aromatic carbocycles. The standard InChI is InChI=1S/C18H13F2N3O2S2/c19-10-5-6-13(20)12(7-10)14-8-27-18(22-14)23-17(25)11-3-1-2-4-15(11)26-9-16(21)24/h1-8H,9H2,(H2,21,24)(H,22,23,25). The molecule has 0 bridgehead atoms. The van der Waals surface area contributed by atoms with E-state index in [1.807, 2.05) is 0 Å². The number of amides is 2. The summed E-state index contributed by atoms with van der Waals surface area (Å²) in [5.74, 6) is -2.05. The number of thioether (sulfide) groups is 1. The van der Waals surface area contributed by atoms with E-state index in [0.717, 1.165) is 41.3 Å². The van der Waals surface area contributed by atoms with Crippen LogP contribution in [0.15, 0.2) is 52.7 Å². The molecule has 1 aromatic heterocycles. The summed E-state index contributed by atoms with van der Waals surface area (Å²) in [5.41, 5.74) is 5.75. The van der Waals surface area contributed by atoms with Crippen LogP contribution < -0.4 is 11.1 Å². The van der Waals surface area contributed by atoms with Gasteiger partial charge in [0.2, 0.25) is 5.91 Å². The van der Waals surface area contributed by atoms with Crippen molar-refractivity contribution in [3.63, 3.8) is 0 Å². The Morgan fingerprint density at radius 1 is 1.19 bits per heavy atom. The van der Waals surface area contributed by atoms with Crippen LogP contribution >= 0.6 is 23.1 Å². The Labute approximate surface area is 161 Å². The molecule has 9 heteroatoms. The minimum Gasteiger partial charge on any atom is -0.369 e. The van der Waals surface area contributed by atoms with E-state index >= 15 is 0 Å². The summed E-state index contributed by atoms with van der Waals surface area (Å²) < 4.78 is 27.2. The number of nitrogens with zero attached hydrogens (tertiary/aromatic N) is 1. The number of benzene rings is 2. The predicted octanol–water partition coefficient (Wildman–Crippen LogP) is 3.92. The first-order valence-corrected chi connectivity index (χ1v) is 9.53. The van der Waals surface area contributed by atoms with Gasteiger partial charge in [-0.2, -0.15) is 0 Å². The highest BCUT2D eigenvalue weighted by atomic mass is 32.2. The number of carbonyl (C=O) groups is 2. The lowest BCUT2D eigenvalue weighted by Crippen LogP contribution is -2.15. The Kier molecular flexibility index (Phi) is 5.82. The second-order valence-corrected chi connectivity index (χ2v) is 7.24. The van der Waals surface area contributed by atoms with Gasteiger partial charge in [0, 0.05) is 15.8 Å². The molecule has 1 heterocycles. The van der Waals surface area contributed by atoms with E-state index < -0.39 is 23.4 Å². The fraction of sp³-hybridized carbons (Fsp3) is 0.0556. The summed E-state index contributed by atoms with van der Waals surface area (Å²) >= 11 is 2.25. The molecule has 0 aliphatic rings. The summed E-state index contributed by atoms with van der Waals surface area (Å²) in [4.78, 5) is 28.3. The van der Waals surface area contributed by atoms with Crippen LogP contribution in [0, 0.1) is 11.6 Å². The fourth-order valence-corrected chi connectivity index (χ4v) is 3.74. The molecule has 0 atom stereocenters. The Hall–Kier alpha value is -2.78. The molecule has 138 valence electrons. The highest BCUT2D eigenvalue weighted by Gasteiger charge is 2.16. The quantitative estimate of drug-likeness (QED) is 0.609. The van der Waals surface area contributed by atoms with Crippen molar-refractivity contribution in [1.82, 2.24) is 4.98 Å². The number of primary amides is 1. The number of carbonyl (C=O) groups excluding carboxylic acids is 2. The first-order chi connectivity index (χ1) is 12.9. The molecule has 3 N–H and O–H groups in total. The van der Waals surface area contributed by atoms with Crippen molar-refractivity contribution in [2.45, 2.75) is 4.90 Å². The normalized spacial score (nSPS) is 10.6. The molecule has 0 fully saturated rings. The topological polar surface area (TPSA) is 85.1 Å². The van der Waals surface area contributed by atoms with Gasteiger partial charge in [-0.25, -0.2) is 13.8 Å². The molecule has 0 saturated heterocycles. The van der Waals surface area contributed by atoms with Crippen LogP contribution in [0.3, 0.4) is 0 Å². The third-order valence-electron chi connectivity index (χ3n) is 3.43. The highest BCUT2D eigenvalue weighted by Crippen LogP contribution is 2.29. The van der Waals surface area contributed by atoms with E-state index in [9.17, 15) is 18.4 Å². The molecule has 3 rings (SSSR count). The largest absolute Gasteiger partial charge is 0.369 e. The van der Waals surface area contributed by atoms with Crippen molar-refractivity contribution in [3.8, 4) is 11.3 Å². The maximum Gasteiger partial charge on any atom is 0.258 e. The van der Waals surface area contributed by atoms with Crippen molar-refractivity contribution in [2.24, 2.45) is 5.73 Å². The van der Waals surface area contributed by atoms with Gasteiger partial charge in [0.1, 0.15) is 11.6 Å². The van der Waals surface area contributed by atoms with Gasteiger partial charge in [-0.1, -0.05) is 12.1 Å². The van der Waals surface area contributed by atoms with E-state index in [1.165, 1.54) is 5.38 Å². The molecule has 0 unspecified atom stereocenters. The van der Waals surface area contributed by atoms with Gasteiger partial charge in [-0.3, -0.25) is 14.9 Å². The molecule has 0 radical (unpaired) electrons. The van der Waals surface area contributed by atoms with E-state index in [4.69, 9.17) is 5.73 Å².